The number of fused-ring (bicyclic) bond motifs is 1. The molecule has 7 heteroatoms. The number of carbonyl (C=O) groups is 1. The molecule has 7 nitrogen and oxygen atoms in total. The first-order valence-electron chi connectivity index (χ1n) is 7.23. The third-order valence-electron chi connectivity index (χ3n) is 3.52. The fraction of sp³-hybridized carbons (Fsp3) is 0.250. The lowest BCUT2D eigenvalue weighted by Gasteiger charge is -2.06. The van der Waals surface area contributed by atoms with Crippen LogP contribution in [0.2, 0.25) is 0 Å². The van der Waals surface area contributed by atoms with Gasteiger partial charge in [0.05, 0.1) is 5.69 Å². The van der Waals surface area contributed by atoms with Gasteiger partial charge < -0.3 is 10.0 Å². The quantitative estimate of drug-likeness (QED) is 0.770. The van der Waals surface area contributed by atoms with E-state index in [-0.39, 0.29) is 5.56 Å². The van der Waals surface area contributed by atoms with Crippen LogP contribution in [0.25, 0.3) is 16.9 Å². The van der Waals surface area contributed by atoms with Crippen LogP contribution in [-0.4, -0.2) is 56.2 Å². The predicted molar refractivity (Wildman–Crippen MR) is 85.4 cm³/mol. The summed E-state index contributed by atoms with van der Waals surface area (Å²) in [7, 11) is 3.95. The van der Waals surface area contributed by atoms with Gasteiger partial charge in [0.1, 0.15) is 5.56 Å². The van der Waals surface area contributed by atoms with Crippen LogP contribution in [0.3, 0.4) is 0 Å². The maximum absolute atomic E-state index is 11.4. The summed E-state index contributed by atoms with van der Waals surface area (Å²) in [5.41, 5.74) is 2.20. The van der Waals surface area contributed by atoms with Gasteiger partial charge in [0, 0.05) is 30.9 Å². The number of aromatic nitrogens is 4. The number of carboxylic acids is 1. The van der Waals surface area contributed by atoms with Crippen molar-refractivity contribution in [3.05, 3.63) is 48.0 Å². The van der Waals surface area contributed by atoms with Crippen molar-refractivity contribution in [3.8, 4) is 11.3 Å². The summed E-state index contributed by atoms with van der Waals surface area (Å²) in [4.78, 5) is 21.9. The largest absolute Gasteiger partial charge is 0.478 e. The van der Waals surface area contributed by atoms with Crippen LogP contribution in [0.4, 0.5) is 0 Å². The van der Waals surface area contributed by atoms with Gasteiger partial charge in [0.15, 0.2) is 11.5 Å². The lowest BCUT2D eigenvalue weighted by atomic mass is 10.1. The smallest absolute Gasteiger partial charge is 0.339 e. The van der Waals surface area contributed by atoms with E-state index >= 15 is 0 Å². The average Bonchev–Trinajstić information content (AvgIpc) is 2.96. The first-order chi connectivity index (χ1) is 11.1. The van der Waals surface area contributed by atoms with Crippen molar-refractivity contribution in [1.82, 2.24) is 24.5 Å². The molecule has 3 aromatic heterocycles. The summed E-state index contributed by atoms with van der Waals surface area (Å²) < 4.78 is 1.60. The number of hydrogen-bond donors (Lipinski definition) is 1. The van der Waals surface area contributed by atoms with Crippen LogP contribution in [-0.2, 0) is 6.42 Å². The zero-order chi connectivity index (χ0) is 16.4. The molecule has 0 saturated heterocycles. The number of likely N-dealkylation sites (N-methyl/N-ethyl adjacent to an activating group) is 1. The second-order valence-corrected chi connectivity index (χ2v) is 5.49. The molecule has 3 heterocycles. The van der Waals surface area contributed by atoms with E-state index in [1.165, 1.54) is 0 Å². The first kappa shape index (κ1) is 15.1. The molecule has 3 aromatic rings. The molecule has 0 bridgehead atoms. The lowest BCUT2D eigenvalue weighted by molar-refractivity contribution is 0.0698. The van der Waals surface area contributed by atoms with E-state index in [0.717, 1.165) is 17.8 Å². The standard InChI is InChI=1S/C16H17N5O2/c1-20(2)10-7-14-18-15-12(16(22)23)3-4-13(21(15)19-14)11-5-8-17-9-6-11/h3-6,8-9H,7,10H2,1-2H3,(H,22,23). The fourth-order valence-electron chi connectivity index (χ4n) is 2.34. The second-order valence-electron chi connectivity index (χ2n) is 5.49. The van der Waals surface area contributed by atoms with Crippen molar-refractivity contribution in [3.63, 3.8) is 0 Å². The molecule has 0 aromatic carbocycles. The highest BCUT2D eigenvalue weighted by Gasteiger charge is 2.17. The Labute approximate surface area is 133 Å². The van der Waals surface area contributed by atoms with E-state index in [4.69, 9.17) is 0 Å². The van der Waals surface area contributed by atoms with Crippen LogP contribution < -0.4 is 0 Å². The topological polar surface area (TPSA) is 83.6 Å². The third kappa shape index (κ3) is 3.04. The molecule has 3 rings (SSSR count). The highest BCUT2D eigenvalue weighted by Crippen LogP contribution is 2.22. The van der Waals surface area contributed by atoms with Crippen LogP contribution in [0.5, 0.6) is 0 Å². The first-order valence-corrected chi connectivity index (χ1v) is 7.23. The molecule has 0 aliphatic rings. The van der Waals surface area contributed by atoms with Gasteiger partial charge in [-0.2, -0.15) is 5.10 Å². The van der Waals surface area contributed by atoms with E-state index in [0.29, 0.717) is 17.9 Å². The number of rotatable bonds is 5. The van der Waals surface area contributed by atoms with E-state index < -0.39 is 5.97 Å². The Kier molecular flexibility index (Phi) is 4.03. The zero-order valence-corrected chi connectivity index (χ0v) is 13.0. The van der Waals surface area contributed by atoms with Crippen molar-refractivity contribution in [1.29, 1.82) is 0 Å². The summed E-state index contributed by atoms with van der Waals surface area (Å²) in [5.74, 6) is -0.384. The Morgan fingerprint density at radius 1 is 1.22 bits per heavy atom. The number of nitrogens with zero attached hydrogens (tertiary/aromatic N) is 5. The van der Waals surface area contributed by atoms with Gasteiger partial charge in [0.25, 0.3) is 0 Å². The summed E-state index contributed by atoms with van der Waals surface area (Å²) in [6.45, 7) is 0.796. The molecule has 0 saturated carbocycles. The minimum absolute atomic E-state index is 0.145. The van der Waals surface area contributed by atoms with Crippen LogP contribution in [0.1, 0.15) is 16.2 Å². The molecule has 118 valence electrons. The van der Waals surface area contributed by atoms with E-state index in [2.05, 4.69) is 15.1 Å². The number of carboxylic acid groups (broad SMARTS) is 1. The number of aromatic carboxylic acids is 1. The lowest BCUT2D eigenvalue weighted by Crippen LogP contribution is -2.15. The van der Waals surface area contributed by atoms with Crippen molar-refractivity contribution in [2.75, 3.05) is 20.6 Å². The SMILES string of the molecule is CN(C)CCc1nc2c(C(=O)O)ccc(-c3ccncc3)n2n1. The molecule has 0 spiro atoms. The highest BCUT2D eigenvalue weighted by atomic mass is 16.4. The fourth-order valence-corrected chi connectivity index (χ4v) is 2.34. The molecule has 0 unspecified atom stereocenters. The van der Waals surface area contributed by atoms with Crippen molar-refractivity contribution >= 4 is 11.6 Å². The maximum Gasteiger partial charge on any atom is 0.339 e. The van der Waals surface area contributed by atoms with Crippen molar-refractivity contribution in [2.24, 2.45) is 0 Å². The average molecular weight is 311 g/mol. The van der Waals surface area contributed by atoms with Crippen molar-refractivity contribution in [2.45, 2.75) is 6.42 Å². The van der Waals surface area contributed by atoms with Gasteiger partial charge in [-0.15, -0.1) is 0 Å². The monoisotopic (exact) mass is 311 g/mol. The van der Waals surface area contributed by atoms with E-state index in [9.17, 15) is 9.90 Å². The Morgan fingerprint density at radius 3 is 2.61 bits per heavy atom. The minimum atomic E-state index is -1.01. The predicted octanol–water partition coefficient (Wildman–Crippen LogP) is 1.59. The summed E-state index contributed by atoms with van der Waals surface area (Å²) in [5, 5.41) is 13.9. The molecule has 0 aliphatic carbocycles. The van der Waals surface area contributed by atoms with Gasteiger partial charge in [-0.05, 0) is 38.4 Å². The van der Waals surface area contributed by atoms with Crippen LogP contribution in [0.15, 0.2) is 36.7 Å². The molecule has 0 radical (unpaired) electrons. The summed E-state index contributed by atoms with van der Waals surface area (Å²) in [6, 6.07) is 7.03. The number of pyridine rings is 2. The maximum atomic E-state index is 11.4. The Bertz CT molecular complexity index is 842. The van der Waals surface area contributed by atoms with Crippen LogP contribution in [0, 0.1) is 0 Å². The minimum Gasteiger partial charge on any atom is -0.478 e. The van der Waals surface area contributed by atoms with Gasteiger partial charge in [-0.1, -0.05) is 0 Å². The van der Waals surface area contributed by atoms with Gasteiger partial charge in [-0.25, -0.2) is 14.3 Å². The molecule has 0 fully saturated rings. The molecule has 0 amide bonds. The molecule has 23 heavy (non-hydrogen) atoms. The Morgan fingerprint density at radius 2 is 1.96 bits per heavy atom. The molecule has 1 N–H and O–H groups in total. The third-order valence-corrected chi connectivity index (χ3v) is 3.52. The Hall–Kier alpha value is -2.80. The highest BCUT2D eigenvalue weighted by molar-refractivity contribution is 5.95. The summed E-state index contributed by atoms with van der Waals surface area (Å²) in [6.07, 6.45) is 4.04. The molecule has 0 aliphatic heterocycles. The molecular weight excluding hydrogens is 294 g/mol. The van der Waals surface area contributed by atoms with Gasteiger partial charge in [-0.3, -0.25) is 4.98 Å². The van der Waals surface area contributed by atoms with E-state index in [1.54, 1.807) is 29.0 Å². The van der Waals surface area contributed by atoms with Crippen molar-refractivity contribution < 1.29 is 9.90 Å². The van der Waals surface area contributed by atoms with E-state index in [1.807, 2.05) is 31.1 Å². The molecular formula is C16H17N5O2. The van der Waals surface area contributed by atoms with Gasteiger partial charge >= 0.3 is 5.97 Å². The van der Waals surface area contributed by atoms with Crippen LogP contribution >= 0.6 is 0 Å². The zero-order valence-electron chi connectivity index (χ0n) is 13.0. The second kappa shape index (κ2) is 6.13. The molecule has 0 atom stereocenters. The number of hydrogen-bond acceptors (Lipinski definition) is 5. The van der Waals surface area contributed by atoms with Gasteiger partial charge in [0.2, 0.25) is 0 Å². The Balaban J connectivity index is 2.15. The normalized spacial score (nSPS) is 11.3. The summed E-state index contributed by atoms with van der Waals surface area (Å²) >= 11 is 0.